The number of hydrogen-bond acceptors (Lipinski definition) is 3. The molecule has 2 aromatic rings. The van der Waals surface area contributed by atoms with Crippen molar-refractivity contribution in [2.24, 2.45) is 0 Å². The van der Waals surface area contributed by atoms with Crippen molar-refractivity contribution < 1.29 is 13.2 Å². The number of benzene rings is 2. The highest BCUT2D eigenvalue weighted by Gasteiger charge is 2.23. The van der Waals surface area contributed by atoms with Gasteiger partial charge in [0.1, 0.15) is 0 Å². The molecule has 1 N–H and O–H groups in total. The third-order valence-corrected chi connectivity index (χ3v) is 6.67. The molecule has 0 atom stereocenters. The van der Waals surface area contributed by atoms with Crippen molar-refractivity contribution in [3.63, 3.8) is 0 Å². The molecule has 0 aromatic heterocycles. The lowest BCUT2D eigenvalue weighted by Gasteiger charge is -2.21. The molecule has 0 radical (unpaired) electrons. The van der Waals surface area contributed by atoms with Gasteiger partial charge in [-0.2, -0.15) is 0 Å². The van der Waals surface area contributed by atoms with Crippen LogP contribution in [0.4, 0.5) is 5.69 Å². The Morgan fingerprint density at radius 1 is 1.07 bits per heavy atom. The summed E-state index contributed by atoms with van der Waals surface area (Å²) >= 11 is 0. The Hall–Kier alpha value is -2.18. The van der Waals surface area contributed by atoms with Gasteiger partial charge >= 0.3 is 0 Å². The van der Waals surface area contributed by atoms with E-state index in [9.17, 15) is 13.2 Å². The summed E-state index contributed by atoms with van der Waals surface area (Å²) in [5, 5.41) is 0. The fourth-order valence-corrected chi connectivity index (χ4v) is 4.61. The number of anilines is 1. The zero-order valence-corrected chi connectivity index (χ0v) is 17.8. The third-order valence-electron chi connectivity index (χ3n) is 5.13. The van der Waals surface area contributed by atoms with E-state index in [0.717, 1.165) is 35.3 Å². The molecule has 1 heterocycles. The van der Waals surface area contributed by atoms with Crippen LogP contribution in [0.3, 0.4) is 0 Å². The molecule has 1 aliphatic rings. The van der Waals surface area contributed by atoms with Crippen LogP contribution in [0.25, 0.3) is 0 Å². The molecular formula is C22H28N2O3S. The highest BCUT2D eigenvalue weighted by atomic mass is 32.2. The Bertz CT molecular complexity index is 974. The van der Waals surface area contributed by atoms with Crippen molar-refractivity contribution in [2.45, 2.75) is 57.4 Å². The number of hydrogen-bond donors (Lipinski definition) is 1. The van der Waals surface area contributed by atoms with Crippen LogP contribution in [0, 0.1) is 6.92 Å². The molecule has 3 rings (SSSR count). The summed E-state index contributed by atoms with van der Waals surface area (Å²) in [6.07, 6.45) is 1.47. The zero-order valence-electron chi connectivity index (χ0n) is 17.0. The average Bonchev–Trinajstić information content (AvgIpc) is 3.06. The van der Waals surface area contributed by atoms with Gasteiger partial charge in [-0.1, -0.05) is 45.0 Å². The minimum Gasteiger partial charge on any atom is -0.312 e. The van der Waals surface area contributed by atoms with Crippen molar-refractivity contribution in [1.82, 2.24) is 4.72 Å². The summed E-state index contributed by atoms with van der Waals surface area (Å²) < 4.78 is 28.4. The highest BCUT2D eigenvalue weighted by Crippen LogP contribution is 2.27. The van der Waals surface area contributed by atoms with Crippen molar-refractivity contribution >= 4 is 21.6 Å². The molecular weight excluding hydrogens is 372 g/mol. The second-order valence-electron chi connectivity index (χ2n) is 8.37. The van der Waals surface area contributed by atoms with Gasteiger partial charge < -0.3 is 4.90 Å². The van der Waals surface area contributed by atoms with Crippen LogP contribution in [0.5, 0.6) is 0 Å². The van der Waals surface area contributed by atoms with E-state index in [-0.39, 0.29) is 17.9 Å². The van der Waals surface area contributed by atoms with E-state index in [1.807, 2.05) is 43.3 Å². The van der Waals surface area contributed by atoms with Gasteiger partial charge in [0.25, 0.3) is 0 Å². The molecule has 0 aliphatic carbocycles. The molecule has 0 saturated carbocycles. The molecule has 150 valence electrons. The minimum atomic E-state index is -3.62. The molecule has 1 saturated heterocycles. The molecule has 6 heteroatoms. The van der Waals surface area contributed by atoms with Gasteiger partial charge in [-0.15, -0.1) is 0 Å². The van der Waals surface area contributed by atoms with E-state index in [2.05, 4.69) is 25.5 Å². The first kappa shape index (κ1) is 20.6. The SMILES string of the molecule is Cc1ccc(C(C)(C)C)cc1S(=O)(=O)NCc1ccc(N2CCCC2=O)cc1. The molecule has 1 aliphatic heterocycles. The molecule has 0 bridgehead atoms. The first-order valence-corrected chi connectivity index (χ1v) is 11.1. The normalized spacial score (nSPS) is 15.3. The number of rotatable bonds is 5. The Kier molecular flexibility index (Phi) is 5.64. The highest BCUT2D eigenvalue weighted by molar-refractivity contribution is 7.89. The maximum absolute atomic E-state index is 12.9. The predicted molar refractivity (Wildman–Crippen MR) is 112 cm³/mol. The smallest absolute Gasteiger partial charge is 0.241 e. The van der Waals surface area contributed by atoms with Crippen LogP contribution in [0.2, 0.25) is 0 Å². The Balaban J connectivity index is 1.74. The largest absolute Gasteiger partial charge is 0.312 e. The lowest BCUT2D eigenvalue weighted by molar-refractivity contribution is -0.117. The Labute approximate surface area is 167 Å². The second kappa shape index (κ2) is 7.68. The van der Waals surface area contributed by atoms with E-state index in [0.29, 0.717) is 11.3 Å². The fraction of sp³-hybridized carbons (Fsp3) is 0.409. The molecule has 1 amide bonds. The number of nitrogens with one attached hydrogen (secondary N) is 1. The summed E-state index contributed by atoms with van der Waals surface area (Å²) in [6, 6.07) is 13.1. The van der Waals surface area contributed by atoms with Gasteiger partial charge in [-0.25, -0.2) is 13.1 Å². The van der Waals surface area contributed by atoms with Crippen LogP contribution in [-0.2, 0) is 26.8 Å². The van der Waals surface area contributed by atoms with E-state index >= 15 is 0 Å². The zero-order chi connectivity index (χ0) is 20.5. The molecule has 28 heavy (non-hydrogen) atoms. The summed E-state index contributed by atoms with van der Waals surface area (Å²) in [5.74, 6) is 0.141. The van der Waals surface area contributed by atoms with Gasteiger partial charge in [0.15, 0.2) is 0 Å². The first-order valence-electron chi connectivity index (χ1n) is 9.58. The van der Waals surface area contributed by atoms with Gasteiger partial charge in [0.2, 0.25) is 15.9 Å². The van der Waals surface area contributed by atoms with Crippen molar-refractivity contribution in [1.29, 1.82) is 0 Å². The van der Waals surface area contributed by atoms with E-state index in [1.54, 1.807) is 11.0 Å². The van der Waals surface area contributed by atoms with Gasteiger partial charge in [0, 0.05) is 25.2 Å². The van der Waals surface area contributed by atoms with E-state index in [4.69, 9.17) is 0 Å². The van der Waals surface area contributed by atoms with Crippen molar-refractivity contribution in [2.75, 3.05) is 11.4 Å². The van der Waals surface area contributed by atoms with Crippen LogP contribution >= 0.6 is 0 Å². The number of amides is 1. The summed E-state index contributed by atoms with van der Waals surface area (Å²) in [5.41, 5.74) is 3.30. The monoisotopic (exact) mass is 400 g/mol. The van der Waals surface area contributed by atoms with Crippen molar-refractivity contribution in [3.8, 4) is 0 Å². The lowest BCUT2D eigenvalue weighted by Crippen LogP contribution is -2.25. The number of carbonyl (C=O) groups excluding carboxylic acids is 1. The number of carbonyl (C=O) groups is 1. The van der Waals surface area contributed by atoms with E-state index in [1.165, 1.54) is 0 Å². The summed E-state index contributed by atoms with van der Waals surface area (Å²) in [4.78, 5) is 13.9. The topological polar surface area (TPSA) is 66.5 Å². The fourth-order valence-electron chi connectivity index (χ4n) is 3.33. The molecule has 1 fully saturated rings. The quantitative estimate of drug-likeness (QED) is 0.828. The first-order chi connectivity index (χ1) is 13.1. The summed E-state index contributed by atoms with van der Waals surface area (Å²) in [6.45, 7) is 8.95. The standard InChI is InChI=1S/C22H28N2O3S/c1-16-7-10-18(22(2,3)4)14-20(16)28(26,27)23-15-17-8-11-19(12-9-17)24-13-5-6-21(24)25/h7-12,14,23H,5-6,13,15H2,1-4H3. The number of aryl methyl sites for hydroxylation is 1. The van der Waals surface area contributed by atoms with E-state index < -0.39 is 10.0 Å². The maximum atomic E-state index is 12.9. The predicted octanol–water partition coefficient (Wildman–Crippen LogP) is 3.90. The van der Waals surface area contributed by atoms with Crippen molar-refractivity contribution in [3.05, 3.63) is 59.2 Å². The van der Waals surface area contributed by atoms with Crippen LogP contribution in [0.15, 0.2) is 47.4 Å². The van der Waals surface area contributed by atoms with Crippen LogP contribution in [-0.4, -0.2) is 20.9 Å². The molecule has 5 nitrogen and oxygen atoms in total. The molecule has 0 unspecified atom stereocenters. The third kappa shape index (κ3) is 4.45. The maximum Gasteiger partial charge on any atom is 0.241 e. The Morgan fingerprint density at radius 3 is 2.32 bits per heavy atom. The number of sulfonamides is 1. The second-order valence-corrected chi connectivity index (χ2v) is 10.1. The van der Waals surface area contributed by atoms with Gasteiger partial charge in [-0.3, -0.25) is 4.79 Å². The van der Waals surface area contributed by atoms with Crippen LogP contribution in [0.1, 0.15) is 50.3 Å². The molecule has 2 aromatic carbocycles. The Morgan fingerprint density at radius 2 is 1.75 bits per heavy atom. The average molecular weight is 401 g/mol. The number of nitrogens with zero attached hydrogens (tertiary/aromatic N) is 1. The van der Waals surface area contributed by atoms with Gasteiger partial charge in [0.05, 0.1) is 4.90 Å². The van der Waals surface area contributed by atoms with Gasteiger partial charge in [-0.05, 0) is 53.6 Å². The minimum absolute atomic E-state index is 0.124. The summed E-state index contributed by atoms with van der Waals surface area (Å²) in [7, 11) is -3.62. The molecule has 0 spiro atoms. The lowest BCUT2D eigenvalue weighted by atomic mass is 9.87. The van der Waals surface area contributed by atoms with Crippen LogP contribution < -0.4 is 9.62 Å².